The quantitative estimate of drug-likeness (QED) is 0.156. The van der Waals surface area contributed by atoms with Crippen LogP contribution >= 0.6 is 0 Å². The molecular formula is C25H18N2O6. The average Bonchev–Trinajstić information content (AvgIpc) is 3.09. The van der Waals surface area contributed by atoms with Crippen molar-refractivity contribution in [3.05, 3.63) is 111 Å². The minimum Gasteiger partial charge on any atom is -0.507 e. The van der Waals surface area contributed by atoms with Gasteiger partial charge in [0, 0.05) is 28.9 Å². The maximum absolute atomic E-state index is 13.1. The smallest absolute Gasteiger partial charge is 0.300 e. The van der Waals surface area contributed by atoms with Crippen molar-refractivity contribution in [1.29, 1.82) is 0 Å². The van der Waals surface area contributed by atoms with Crippen LogP contribution in [0.5, 0.6) is 0 Å². The van der Waals surface area contributed by atoms with Gasteiger partial charge in [-0.3, -0.25) is 29.4 Å². The number of aliphatic hydroxyl groups excluding tert-OH is 1. The van der Waals surface area contributed by atoms with E-state index >= 15 is 0 Å². The lowest BCUT2D eigenvalue weighted by molar-refractivity contribution is -0.384. The highest BCUT2D eigenvalue weighted by atomic mass is 16.6. The summed E-state index contributed by atoms with van der Waals surface area (Å²) >= 11 is 0. The molecule has 0 spiro atoms. The van der Waals surface area contributed by atoms with Crippen LogP contribution in [0.15, 0.2) is 84.4 Å². The largest absolute Gasteiger partial charge is 0.507 e. The lowest BCUT2D eigenvalue weighted by Gasteiger charge is -2.25. The average molecular weight is 442 g/mol. The molecule has 1 saturated heterocycles. The molecule has 1 aliphatic rings. The van der Waals surface area contributed by atoms with E-state index in [2.05, 4.69) is 0 Å². The Kier molecular flexibility index (Phi) is 5.58. The number of ketones is 2. The number of nitrogens with zero attached hydrogens (tertiary/aromatic N) is 2. The van der Waals surface area contributed by atoms with Crippen LogP contribution in [0.3, 0.4) is 0 Å². The summed E-state index contributed by atoms with van der Waals surface area (Å²) in [5.74, 6) is -2.28. The van der Waals surface area contributed by atoms with Gasteiger partial charge in [0.25, 0.3) is 17.4 Å². The number of Topliss-reactive ketones (excluding diaryl/α,β-unsaturated/α-hetero) is 2. The molecule has 1 aliphatic heterocycles. The number of hydrogen-bond acceptors (Lipinski definition) is 6. The number of benzene rings is 3. The summed E-state index contributed by atoms with van der Waals surface area (Å²) in [5, 5.41) is 22.0. The SMILES string of the molecule is CC(=O)c1ccc(N2C(=O)C(=O)/C(=C(/O)c3ccc([N+](=O)[O-])cc3)C2c2ccccc2)cc1. The van der Waals surface area contributed by atoms with E-state index in [1.807, 2.05) is 0 Å². The van der Waals surface area contributed by atoms with Crippen LogP contribution in [0.4, 0.5) is 11.4 Å². The minimum atomic E-state index is -0.926. The van der Waals surface area contributed by atoms with Crippen LogP contribution in [0.25, 0.3) is 5.76 Å². The third-order valence-corrected chi connectivity index (χ3v) is 5.46. The zero-order valence-electron chi connectivity index (χ0n) is 17.5. The van der Waals surface area contributed by atoms with E-state index in [0.717, 1.165) is 0 Å². The lowest BCUT2D eigenvalue weighted by atomic mass is 9.95. The highest BCUT2D eigenvalue weighted by molar-refractivity contribution is 6.51. The number of nitro groups is 1. The monoisotopic (exact) mass is 442 g/mol. The fourth-order valence-corrected chi connectivity index (χ4v) is 3.80. The van der Waals surface area contributed by atoms with Gasteiger partial charge in [0.15, 0.2) is 5.78 Å². The van der Waals surface area contributed by atoms with Crippen LogP contribution in [-0.4, -0.2) is 27.5 Å². The van der Waals surface area contributed by atoms with Gasteiger partial charge >= 0.3 is 0 Å². The standard InChI is InChI=1S/C25H18N2O6/c1-15(28)16-7-11-19(12-8-16)26-22(17-5-3-2-4-6-17)21(24(30)25(26)31)23(29)18-9-13-20(14-10-18)27(32)33/h2-14,22,29H,1H3/b23-21+. The number of amides is 1. The molecule has 1 unspecified atom stereocenters. The van der Waals surface area contributed by atoms with Gasteiger partial charge in [-0.25, -0.2) is 0 Å². The van der Waals surface area contributed by atoms with Crippen molar-refractivity contribution >= 4 is 34.6 Å². The molecule has 8 heteroatoms. The molecule has 1 amide bonds. The van der Waals surface area contributed by atoms with E-state index in [-0.39, 0.29) is 22.6 Å². The van der Waals surface area contributed by atoms with Crippen LogP contribution in [-0.2, 0) is 9.59 Å². The van der Waals surface area contributed by atoms with E-state index in [1.54, 1.807) is 54.6 Å². The second-order valence-electron chi connectivity index (χ2n) is 7.49. The van der Waals surface area contributed by atoms with Gasteiger partial charge in [0.2, 0.25) is 0 Å². The van der Waals surface area contributed by atoms with Crippen molar-refractivity contribution in [2.24, 2.45) is 0 Å². The molecule has 1 fully saturated rings. The first-order chi connectivity index (χ1) is 15.8. The van der Waals surface area contributed by atoms with E-state index in [4.69, 9.17) is 0 Å². The third kappa shape index (κ3) is 3.89. The Morgan fingerprint density at radius 1 is 0.909 bits per heavy atom. The molecule has 1 N–H and O–H groups in total. The zero-order chi connectivity index (χ0) is 23.7. The molecule has 33 heavy (non-hydrogen) atoms. The summed E-state index contributed by atoms with van der Waals surface area (Å²) in [6.07, 6.45) is 0. The Balaban J connectivity index is 1.88. The predicted octanol–water partition coefficient (Wildman–Crippen LogP) is 4.42. The molecule has 8 nitrogen and oxygen atoms in total. The van der Waals surface area contributed by atoms with Crippen LogP contribution in [0.1, 0.15) is 34.5 Å². The Morgan fingerprint density at radius 3 is 2.03 bits per heavy atom. The highest BCUT2D eigenvalue weighted by Gasteiger charge is 2.46. The number of non-ortho nitro benzene ring substituents is 1. The van der Waals surface area contributed by atoms with Gasteiger partial charge in [-0.15, -0.1) is 0 Å². The first kappa shape index (κ1) is 21.6. The number of rotatable bonds is 5. The predicted molar refractivity (Wildman–Crippen MR) is 121 cm³/mol. The zero-order valence-corrected chi connectivity index (χ0v) is 17.5. The number of carbonyl (C=O) groups excluding carboxylic acids is 3. The Hall–Kier alpha value is -4.59. The number of anilines is 1. The van der Waals surface area contributed by atoms with Crippen molar-refractivity contribution in [2.75, 3.05) is 4.90 Å². The van der Waals surface area contributed by atoms with Gasteiger partial charge in [0.05, 0.1) is 16.5 Å². The first-order valence-electron chi connectivity index (χ1n) is 10.0. The minimum absolute atomic E-state index is 0.129. The van der Waals surface area contributed by atoms with Gasteiger partial charge < -0.3 is 5.11 Å². The third-order valence-electron chi connectivity index (χ3n) is 5.46. The Morgan fingerprint density at radius 2 is 1.48 bits per heavy atom. The molecule has 0 aliphatic carbocycles. The van der Waals surface area contributed by atoms with Gasteiger partial charge in [-0.2, -0.15) is 0 Å². The summed E-state index contributed by atoms with van der Waals surface area (Å²) in [6, 6.07) is 19.2. The normalized spacial score (nSPS) is 17.2. The first-order valence-corrected chi connectivity index (χ1v) is 10.0. The summed E-state index contributed by atoms with van der Waals surface area (Å²) in [6.45, 7) is 1.43. The number of nitro benzene ring substituents is 1. The van der Waals surface area contributed by atoms with E-state index in [0.29, 0.717) is 16.8 Å². The lowest BCUT2D eigenvalue weighted by Crippen LogP contribution is -2.29. The molecule has 0 radical (unpaired) electrons. The number of aliphatic hydroxyl groups is 1. The van der Waals surface area contributed by atoms with Gasteiger partial charge in [-0.05, 0) is 48.9 Å². The van der Waals surface area contributed by atoms with E-state index < -0.39 is 28.4 Å². The Bertz CT molecular complexity index is 1290. The molecule has 3 aromatic rings. The molecule has 1 heterocycles. The van der Waals surface area contributed by atoms with Gasteiger partial charge in [-0.1, -0.05) is 30.3 Å². The molecule has 3 aromatic carbocycles. The molecular weight excluding hydrogens is 424 g/mol. The van der Waals surface area contributed by atoms with Gasteiger partial charge in [0.1, 0.15) is 5.76 Å². The maximum Gasteiger partial charge on any atom is 0.300 e. The van der Waals surface area contributed by atoms with E-state index in [1.165, 1.54) is 36.1 Å². The van der Waals surface area contributed by atoms with Crippen molar-refractivity contribution in [3.63, 3.8) is 0 Å². The highest BCUT2D eigenvalue weighted by Crippen LogP contribution is 2.42. The van der Waals surface area contributed by atoms with Crippen LogP contribution < -0.4 is 4.90 Å². The summed E-state index contributed by atoms with van der Waals surface area (Å²) in [4.78, 5) is 49.4. The topological polar surface area (TPSA) is 118 Å². The second-order valence-corrected chi connectivity index (χ2v) is 7.49. The van der Waals surface area contributed by atoms with Crippen molar-refractivity contribution < 1.29 is 24.4 Å². The molecule has 1 atom stereocenters. The summed E-state index contributed by atoms with van der Waals surface area (Å²) in [7, 11) is 0. The summed E-state index contributed by atoms with van der Waals surface area (Å²) < 4.78 is 0. The molecule has 4 rings (SSSR count). The molecule has 164 valence electrons. The van der Waals surface area contributed by atoms with E-state index in [9.17, 15) is 29.6 Å². The fourth-order valence-electron chi connectivity index (χ4n) is 3.80. The Labute approximate surface area is 188 Å². The molecule has 0 aromatic heterocycles. The van der Waals surface area contributed by atoms with Crippen molar-refractivity contribution in [2.45, 2.75) is 13.0 Å². The summed E-state index contributed by atoms with van der Waals surface area (Å²) in [5.41, 5.74) is 1.31. The molecule has 0 bridgehead atoms. The molecule has 0 saturated carbocycles. The number of hydrogen-bond donors (Lipinski definition) is 1. The fraction of sp³-hybridized carbons (Fsp3) is 0.0800. The van der Waals surface area contributed by atoms with Crippen molar-refractivity contribution in [3.8, 4) is 0 Å². The van der Waals surface area contributed by atoms with Crippen LogP contribution in [0.2, 0.25) is 0 Å². The maximum atomic E-state index is 13.1. The van der Waals surface area contributed by atoms with Crippen molar-refractivity contribution in [1.82, 2.24) is 0 Å². The number of carbonyl (C=O) groups is 3. The van der Waals surface area contributed by atoms with Crippen LogP contribution in [0, 0.1) is 10.1 Å². The second kappa shape index (κ2) is 8.51.